The predicted octanol–water partition coefficient (Wildman–Crippen LogP) is 3.28. The molecule has 2 rings (SSSR count). The van der Waals surface area contributed by atoms with Crippen LogP contribution in [-0.4, -0.2) is 24.7 Å². The van der Waals surface area contributed by atoms with Crippen molar-refractivity contribution in [2.45, 2.75) is 49.5 Å². The molecule has 0 bridgehead atoms. The standard InChI is InChI=1S/C15H18F2O3S/c1-10(21(19,20)12-5-3-2-4-6-12)15(18)11-7-8-13(16)14(17)9-11/h7-10,12H,2-6H2,1H3. The molecule has 0 aliphatic heterocycles. The molecule has 1 aromatic rings. The number of hydrogen-bond acceptors (Lipinski definition) is 3. The van der Waals surface area contributed by atoms with Crippen molar-refractivity contribution in [1.82, 2.24) is 0 Å². The molecule has 116 valence electrons. The van der Waals surface area contributed by atoms with E-state index >= 15 is 0 Å². The lowest BCUT2D eigenvalue weighted by Gasteiger charge is -2.24. The van der Waals surface area contributed by atoms with Crippen LogP contribution >= 0.6 is 0 Å². The minimum atomic E-state index is -3.60. The zero-order chi connectivity index (χ0) is 15.6. The van der Waals surface area contributed by atoms with E-state index in [-0.39, 0.29) is 5.56 Å². The van der Waals surface area contributed by atoms with E-state index in [1.807, 2.05) is 0 Å². The fraction of sp³-hybridized carbons (Fsp3) is 0.533. The zero-order valence-corrected chi connectivity index (χ0v) is 12.6. The highest BCUT2D eigenvalue weighted by Crippen LogP contribution is 2.27. The van der Waals surface area contributed by atoms with Crippen LogP contribution in [-0.2, 0) is 9.84 Å². The number of Topliss-reactive ketones (excluding diaryl/α,β-unsaturated/α-hetero) is 1. The van der Waals surface area contributed by atoms with Gasteiger partial charge in [-0.05, 0) is 38.0 Å². The van der Waals surface area contributed by atoms with Gasteiger partial charge in [0.1, 0.15) is 5.25 Å². The number of halogens is 2. The maximum Gasteiger partial charge on any atom is 0.180 e. The first-order chi connectivity index (χ1) is 9.84. The van der Waals surface area contributed by atoms with Gasteiger partial charge in [0.2, 0.25) is 0 Å². The second kappa shape index (κ2) is 6.22. The average Bonchev–Trinajstić information content (AvgIpc) is 2.49. The summed E-state index contributed by atoms with van der Waals surface area (Å²) in [5.41, 5.74) is -0.110. The molecule has 1 aliphatic carbocycles. The quantitative estimate of drug-likeness (QED) is 0.801. The molecule has 0 heterocycles. The summed E-state index contributed by atoms with van der Waals surface area (Å²) in [5.74, 6) is -2.89. The molecule has 6 heteroatoms. The first-order valence-electron chi connectivity index (χ1n) is 7.06. The number of benzene rings is 1. The van der Waals surface area contributed by atoms with E-state index in [1.54, 1.807) is 0 Å². The van der Waals surface area contributed by atoms with Crippen LogP contribution in [0.3, 0.4) is 0 Å². The van der Waals surface area contributed by atoms with E-state index < -0.39 is 37.8 Å². The molecule has 1 fully saturated rings. The molecule has 0 N–H and O–H groups in total. The molecule has 1 unspecified atom stereocenters. The fourth-order valence-corrected chi connectivity index (χ4v) is 4.72. The molecule has 1 aromatic carbocycles. The van der Waals surface area contributed by atoms with Crippen LogP contribution in [0.15, 0.2) is 18.2 Å². The van der Waals surface area contributed by atoms with Crippen LogP contribution in [0.2, 0.25) is 0 Å². The van der Waals surface area contributed by atoms with E-state index in [9.17, 15) is 22.0 Å². The van der Waals surface area contributed by atoms with Gasteiger partial charge in [-0.3, -0.25) is 4.79 Å². The Labute approximate surface area is 123 Å². The molecular formula is C15H18F2O3S. The average molecular weight is 316 g/mol. The maximum absolute atomic E-state index is 13.2. The molecule has 0 radical (unpaired) electrons. The van der Waals surface area contributed by atoms with Gasteiger partial charge in [-0.25, -0.2) is 17.2 Å². The third-order valence-electron chi connectivity index (χ3n) is 4.08. The van der Waals surface area contributed by atoms with Crippen molar-refractivity contribution >= 4 is 15.6 Å². The summed E-state index contributed by atoms with van der Waals surface area (Å²) in [7, 11) is -3.60. The number of rotatable bonds is 4. The van der Waals surface area contributed by atoms with Gasteiger partial charge in [0.15, 0.2) is 27.3 Å². The van der Waals surface area contributed by atoms with Crippen LogP contribution in [0.5, 0.6) is 0 Å². The summed E-state index contributed by atoms with van der Waals surface area (Å²) in [4.78, 5) is 12.2. The SMILES string of the molecule is CC(C(=O)c1ccc(F)c(F)c1)S(=O)(=O)C1CCCCC1. The number of hydrogen-bond donors (Lipinski definition) is 0. The summed E-state index contributed by atoms with van der Waals surface area (Å²) in [5, 5.41) is -1.74. The smallest absolute Gasteiger partial charge is 0.180 e. The third-order valence-corrected chi connectivity index (χ3v) is 6.68. The molecule has 21 heavy (non-hydrogen) atoms. The van der Waals surface area contributed by atoms with Crippen molar-refractivity contribution in [3.8, 4) is 0 Å². The van der Waals surface area contributed by atoms with Crippen molar-refractivity contribution in [3.63, 3.8) is 0 Å². The summed E-state index contributed by atoms with van der Waals surface area (Å²) in [6.07, 6.45) is 3.83. The van der Waals surface area contributed by atoms with Gasteiger partial charge < -0.3 is 0 Å². The summed E-state index contributed by atoms with van der Waals surface area (Å²) in [6.45, 7) is 1.33. The lowest BCUT2D eigenvalue weighted by atomic mass is 10.0. The Balaban J connectivity index is 2.23. The van der Waals surface area contributed by atoms with Crippen molar-refractivity contribution in [1.29, 1.82) is 0 Å². The lowest BCUT2D eigenvalue weighted by Crippen LogP contribution is -2.36. The largest absolute Gasteiger partial charge is 0.293 e. The van der Waals surface area contributed by atoms with Crippen molar-refractivity contribution in [3.05, 3.63) is 35.4 Å². The molecule has 1 aliphatic rings. The Hall–Kier alpha value is -1.30. The Morgan fingerprint density at radius 3 is 2.33 bits per heavy atom. The summed E-state index contributed by atoms with van der Waals surface area (Å²) < 4.78 is 51.0. The van der Waals surface area contributed by atoms with Crippen LogP contribution in [0.4, 0.5) is 8.78 Å². The van der Waals surface area contributed by atoms with Crippen molar-refractivity contribution < 1.29 is 22.0 Å². The second-order valence-electron chi connectivity index (χ2n) is 5.48. The topological polar surface area (TPSA) is 51.2 Å². The van der Waals surface area contributed by atoms with Gasteiger partial charge in [0.25, 0.3) is 0 Å². The lowest BCUT2D eigenvalue weighted by molar-refractivity contribution is 0.0990. The van der Waals surface area contributed by atoms with Gasteiger partial charge >= 0.3 is 0 Å². The molecule has 0 spiro atoms. The second-order valence-corrected chi connectivity index (χ2v) is 8.04. The monoisotopic (exact) mass is 316 g/mol. The minimum Gasteiger partial charge on any atom is -0.293 e. The van der Waals surface area contributed by atoms with Crippen LogP contribution in [0, 0.1) is 11.6 Å². The zero-order valence-electron chi connectivity index (χ0n) is 11.8. The fourth-order valence-electron chi connectivity index (χ4n) is 2.72. The van der Waals surface area contributed by atoms with Crippen LogP contribution < -0.4 is 0 Å². The number of ketones is 1. The maximum atomic E-state index is 13.2. The van der Waals surface area contributed by atoms with Gasteiger partial charge in [-0.1, -0.05) is 19.3 Å². The number of carbonyl (C=O) groups excluding carboxylic acids is 1. The Bertz CT molecular complexity index is 634. The van der Waals surface area contributed by atoms with Gasteiger partial charge in [0, 0.05) is 5.56 Å². The number of carbonyl (C=O) groups is 1. The Morgan fingerprint density at radius 2 is 1.76 bits per heavy atom. The molecule has 1 atom stereocenters. The molecule has 0 aromatic heterocycles. The minimum absolute atomic E-state index is 0.110. The highest BCUT2D eigenvalue weighted by atomic mass is 32.2. The van der Waals surface area contributed by atoms with Gasteiger partial charge in [-0.15, -0.1) is 0 Å². The molecular weight excluding hydrogens is 298 g/mol. The normalized spacial score (nSPS) is 18.4. The Kier molecular flexibility index (Phi) is 4.76. The van der Waals surface area contributed by atoms with Crippen LogP contribution in [0.1, 0.15) is 49.4 Å². The van der Waals surface area contributed by atoms with E-state index in [0.29, 0.717) is 12.8 Å². The van der Waals surface area contributed by atoms with Gasteiger partial charge in [-0.2, -0.15) is 0 Å². The van der Waals surface area contributed by atoms with E-state index in [1.165, 1.54) is 6.92 Å². The highest BCUT2D eigenvalue weighted by molar-refractivity contribution is 7.93. The highest BCUT2D eigenvalue weighted by Gasteiger charge is 2.36. The first kappa shape index (κ1) is 16.1. The number of sulfone groups is 1. The van der Waals surface area contributed by atoms with Gasteiger partial charge in [0.05, 0.1) is 5.25 Å². The molecule has 3 nitrogen and oxygen atoms in total. The van der Waals surface area contributed by atoms with E-state index in [4.69, 9.17) is 0 Å². The first-order valence-corrected chi connectivity index (χ1v) is 8.67. The molecule has 0 saturated heterocycles. The van der Waals surface area contributed by atoms with E-state index in [2.05, 4.69) is 0 Å². The predicted molar refractivity (Wildman–Crippen MR) is 75.9 cm³/mol. The summed E-state index contributed by atoms with van der Waals surface area (Å²) in [6, 6.07) is 2.71. The van der Waals surface area contributed by atoms with E-state index in [0.717, 1.165) is 37.5 Å². The third kappa shape index (κ3) is 3.31. The summed E-state index contributed by atoms with van der Waals surface area (Å²) >= 11 is 0. The molecule has 1 saturated carbocycles. The van der Waals surface area contributed by atoms with Crippen LogP contribution in [0.25, 0.3) is 0 Å². The molecule has 0 amide bonds. The van der Waals surface area contributed by atoms with Crippen molar-refractivity contribution in [2.24, 2.45) is 0 Å². The van der Waals surface area contributed by atoms with Crippen molar-refractivity contribution in [2.75, 3.05) is 0 Å². The Morgan fingerprint density at radius 1 is 1.14 bits per heavy atom.